The summed E-state index contributed by atoms with van der Waals surface area (Å²) in [6, 6.07) is 15.3. The van der Waals surface area contributed by atoms with Gasteiger partial charge in [-0.2, -0.15) is 4.09 Å². The number of fused-ring (bicyclic) bond motifs is 5. The summed E-state index contributed by atoms with van der Waals surface area (Å²) in [4.78, 5) is 25.7. The van der Waals surface area contributed by atoms with E-state index in [0.717, 1.165) is 28.1 Å². The minimum atomic E-state index is -0.496. The van der Waals surface area contributed by atoms with Crippen LogP contribution in [0.5, 0.6) is 0 Å². The van der Waals surface area contributed by atoms with E-state index in [0.29, 0.717) is 12.2 Å². The summed E-state index contributed by atoms with van der Waals surface area (Å²) in [5.74, 6) is -0.665. The minimum absolute atomic E-state index is 0.0111. The molecule has 2 N–H and O–H groups in total. The van der Waals surface area contributed by atoms with Crippen molar-refractivity contribution in [2.75, 3.05) is 4.90 Å². The normalized spacial score (nSPS) is 12.4. The lowest BCUT2D eigenvalue weighted by Gasteiger charge is -2.28. The molecule has 3 aromatic rings. The van der Waals surface area contributed by atoms with Crippen molar-refractivity contribution >= 4 is 30.3 Å². The fourth-order valence-corrected chi connectivity index (χ4v) is 3.57. The van der Waals surface area contributed by atoms with Gasteiger partial charge in [-0.25, -0.2) is 0 Å². The number of rotatable bonds is 3. The number of nitrogens with two attached hydrogens (primary N) is 1. The van der Waals surface area contributed by atoms with Gasteiger partial charge < -0.3 is 10.6 Å². The number of hydrogen-bond acceptors (Lipinski definition) is 5. The molecule has 136 valence electrons. The first kappa shape index (κ1) is 17.3. The van der Waals surface area contributed by atoms with Crippen LogP contribution in [0.3, 0.4) is 0 Å². The predicted molar refractivity (Wildman–Crippen MR) is 105 cm³/mol. The Labute approximate surface area is 161 Å². The van der Waals surface area contributed by atoms with E-state index in [4.69, 9.17) is 5.73 Å². The van der Waals surface area contributed by atoms with Crippen LogP contribution in [0.4, 0.5) is 5.69 Å². The number of primary amides is 1. The molecule has 2 amide bonds. The van der Waals surface area contributed by atoms with Crippen LogP contribution in [0.25, 0.3) is 22.5 Å². The van der Waals surface area contributed by atoms with Gasteiger partial charge >= 0.3 is 0 Å². The number of amides is 2. The summed E-state index contributed by atoms with van der Waals surface area (Å²) in [6.07, 6.45) is 0.0647. The maximum absolute atomic E-state index is 12.9. The van der Waals surface area contributed by atoms with Crippen molar-refractivity contribution in [3.63, 3.8) is 0 Å². The van der Waals surface area contributed by atoms with Gasteiger partial charge in [0, 0.05) is 24.0 Å². The van der Waals surface area contributed by atoms with Gasteiger partial charge in [0.15, 0.2) is 0 Å². The third-order valence-corrected chi connectivity index (χ3v) is 4.87. The number of carbonyl (C=O) groups is 2. The van der Waals surface area contributed by atoms with Gasteiger partial charge in [-0.3, -0.25) is 9.59 Å². The van der Waals surface area contributed by atoms with Crippen molar-refractivity contribution in [2.45, 2.75) is 19.4 Å². The highest BCUT2D eigenvalue weighted by Gasteiger charge is 2.28. The quantitative estimate of drug-likeness (QED) is 0.684. The molecular formula is C19H17N5O2S. The Hall–Kier alpha value is -3.13. The van der Waals surface area contributed by atoms with Gasteiger partial charge in [0.1, 0.15) is 11.4 Å². The molecule has 0 aliphatic carbocycles. The minimum Gasteiger partial charge on any atom is -0.370 e. The lowest BCUT2D eigenvalue weighted by molar-refractivity contribution is -0.123. The highest BCUT2D eigenvalue weighted by Crippen LogP contribution is 2.41. The van der Waals surface area contributed by atoms with E-state index < -0.39 is 5.91 Å². The zero-order valence-corrected chi connectivity index (χ0v) is 15.3. The van der Waals surface area contributed by atoms with E-state index in [1.807, 2.05) is 48.5 Å². The van der Waals surface area contributed by atoms with E-state index in [1.54, 1.807) is 4.90 Å². The van der Waals surface area contributed by atoms with Gasteiger partial charge in [0.25, 0.3) is 0 Å². The molecule has 1 aliphatic rings. The molecule has 4 rings (SSSR count). The average Bonchev–Trinajstić information content (AvgIpc) is 3.04. The standard InChI is InChI=1S/C19H17N5O2S/c20-16(25)9-10-17(26)23-11-12-5-1-2-6-13(12)19-18(21-22-24(19)27)14-7-3-4-8-15(14)23/h1-8,27H,9-11H2,(H2,20,25). The summed E-state index contributed by atoms with van der Waals surface area (Å²) in [5.41, 5.74) is 10.0. The number of anilines is 1. The van der Waals surface area contributed by atoms with Crippen molar-refractivity contribution in [2.24, 2.45) is 5.73 Å². The van der Waals surface area contributed by atoms with Crippen LogP contribution in [0, 0.1) is 0 Å². The van der Waals surface area contributed by atoms with Crippen LogP contribution in [-0.2, 0) is 16.1 Å². The molecule has 8 heteroatoms. The lowest BCUT2D eigenvalue weighted by Crippen LogP contribution is -2.32. The number of thiol groups is 1. The average molecular weight is 379 g/mol. The number of aromatic nitrogens is 3. The maximum atomic E-state index is 12.9. The van der Waals surface area contributed by atoms with Crippen LogP contribution in [0.1, 0.15) is 18.4 Å². The molecule has 2 aromatic carbocycles. The third-order valence-electron chi connectivity index (χ3n) is 4.59. The van der Waals surface area contributed by atoms with Crippen LogP contribution in [0.2, 0.25) is 0 Å². The largest absolute Gasteiger partial charge is 0.370 e. The predicted octanol–water partition coefficient (Wildman–Crippen LogP) is 2.42. The van der Waals surface area contributed by atoms with Crippen LogP contribution < -0.4 is 10.6 Å². The number of nitrogens with zero attached hydrogens (tertiary/aromatic N) is 4. The van der Waals surface area contributed by atoms with E-state index in [1.165, 1.54) is 4.09 Å². The Balaban J connectivity index is 1.92. The molecule has 0 radical (unpaired) electrons. The monoisotopic (exact) mass is 379 g/mol. The lowest BCUT2D eigenvalue weighted by atomic mass is 9.95. The molecule has 0 saturated heterocycles. The van der Waals surface area contributed by atoms with Crippen molar-refractivity contribution in [1.29, 1.82) is 0 Å². The topological polar surface area (TPSA) is 94.1 Å². The SMILES string of the molecule is NC(=O)CCC(=O)N1Cc2ccccc2-c2c(nnn2S)-c2ccccc21. The summed E-state index contributed by atoms with van der Waals surface area (Å²) >= 11 is 4.42. The summed E-state index contributed by atoms with van der Waals surface area (Å²) in [6.45, 7) is 0.364. The first-order valence-electron chi connectivity index (χ1n) is 8.47. The zero-order valence-electron chi connectivity index (χ0n) is 14.4. The van der Waals surface area contributed by atoms with Crippen LogP contribution >= 0.6 is 12.8 Å². The van der Waals surface area contributed by atoms with E-state index in [-0.39, 0.29) is 18.7 Å². The fourth-order valence-electron chi connectivity index (χ4n) is 3.33. The second-order valence-electron chi connectivity index (χ2n) is 6.30. The highest BCUT2D eigenvalue weighted by molar-refractivity contribution is 7.78. The number of benzene rings is 2. The van der Waals surface area contributed by atoms with Crippen LogP contribution in [-0.4, -0.2) is 26.2 Å². The summed E-state index contributed by atoms with van der Waals surface area (Å²) in [5, 5.41) is 8.37. The Morgan fingerprint density at radius 3 is 2.52 bits per heavy atom. The van der Waals surface area contributed by atoms with Gasteiger partial charge in [-0.15, -0.1) is 5.10 Å². The molecule has 1 aliphatic heterocycles. The van der Waals surface area contributed by atoms with Crippen molar-refractivity contribution in [3.8, 4) is 22.5 Å². The third kappa shape index (κ3) is 3.08. The van der Waals surface area contributed by atoms with Gasteiger partial charge in [-0.1, -0.05) is 47.7 Å². The molecule has 7 nitrogen and oxygen atoms in total. The van der Waals surface area contributed by atoms with Crippen molar-refractivity contribution in [3.05, 3.63) is 54.1 Å². The van der Waals surface area contributed by atoms with E-state index >= 15 is 0 Å². The molecule has 0 fully saturated rings. The molecule has 0 bridgehead atoms. The molecule has 1 aromatic heterocycles. The van der Waals surface area contributed by atoms with Gasteiger partial charge in [0.05, 0.1) is 12.2 Å². The van der Waals surface area contributed by atoms with Gasteiger partial charge in [-0.05, 0) is 24.4 Å². The molecule has 0 unspecified atom stereocenters. The molecule has 27 heavy (non-hydrogen) atoms. The Morgan fingerprint density at radius 2 is 1.74 bits per heavy atom. The first-order valence-corrected chi connectivity index (χ1v) is 8.87. The number of carbonyl (C=O) groups excluding carboxylic acids is 2. The maximum Gasteiger partial charge on any atom is 0.227 e. The van der Waals surface area contributed by atoms with E-state index in [9.17, 15) is 9.59 Å². The second-order valence-corrected chi connectivity index (χ2v) is 6.68. The van der Waals surface area contributed by atoms with Crippen LogP contribution in [0.15, 0.2) is 48.5 Å². The zero-order chi connectivity index (χ0) is 19.0. The molecule has 0 spiro atoms. The summed E-state index contributed by atoms with van der Waals surface area (Å²) < 4.78 is 1.45. The van der Waals surface area contributed by atoms with E-state index in [2.05, 4.69) is 23.1 Å². The second kappa shape index (κ2) is 6.88. The summed E-state index contributed by atoms with van der Waals surface area (Å²) in [7, 11) is 0. The molecule has 0 atom stereocenters. The first-order chi connectivity index (χ1) is 13.1. The van der Waals surface area contributed by atoms with Gasteiger partial charge in [0.2, 0.25) is 11.8 Å². The number of hydrogen-bond donors (Lipinski definition) is 2. The Kier molecular flexibility index (Phi) is 4.41. The highest BCUT2D eigenvalue weighted by atomic mass is 32.1. The molecular weight excluding hydrogens is 362 g/mol. The number of para-hydroxylation sites is 1. The Bertz CT molecular complexity index is 1050. The molecule has 2 heterocycles. The fraction of sp³-hybridized carbons (Fsp3) is 0.158. The van der Waals surface area contributed by atoms with Crippen molar-refractivity contribution in [1.82, 2.24) is 14.4 Å². The molecule has 0 saturated carbocycles. The smallest absolute Gasteiger partial charge is 0.227 e. The Morgan fingerprint density at radius 1 is 1.04 bits per heavy atom. The van der Waals surface area contributed by atoms with Crippen molar-refractivity contribution < 1.29 is 9.59 Å².